The topological polar surface area (TPSA) is 80.3 Å². The summed E-state index contributed by atoms with van der Waals surface area (Å²) in [6.45, 7) is 11.9. The Morgan fingerprint density at radius 3 is 1.74 bits per heavy atom. The van der Waals surface area contributed by atoms with Crippen molar-refractivity contribution in [1.29, 1.82) is 0 Å². The van der Waals surface area contributed by atoms with Gasteiger partial charge in [0.2, 0.25) is 5.75 Å². The zero-order valence-corrected chi connectivity index (χ0v) is 21.2. The van der Waals surface area contributed by atoms with Crippen LogP contribution in [0.1, 0.15) is 50.4 Å². The fourth-order valence-corrected chi connectivity index (χ4v) is 4.61. The van der Waals surface area contributed by atoms with Crippen molar-refractivity contribution in [2.45, 2.75) is 40.0 Å². The second kappa shape index (κ2) is 12.0. The molecular weight excluding hydrogens is 446 g/mol. The lowest BCUT2D eigenvalue weighted by atomic mass is 10.1. The summed E-state index contributed by atoms with van der Waals surface area (Å²) in [6.07, 6.45) is 3.72. The van der Waals surface area contributed by atoms with Gasteiger partial charge in [-0.3, -0.25) is 4.79 Å². The van der Waals surface area contributed by atoms with Crippen LogP contribution in [0.4, 0.5) is 11.6 Å². The molecule has 1 aromatic heterocycles. The lowest BCUT2D eigenvalue weighted by molar-refractivity contribution is 0.0745. The van der Waals surface area contributed by atoms with Crippen LogP contribution in [-0.4, -0.2) is 80.1 Å². The van der Waals surface area contributed by atoms with E-state index in [1.54, 1.807) is 12.1 Å². The van der Waals surface area contributed by atoms with Crippen LogP contribution < -0.4 is 24.0 Å². The van der Waals surface area contributed by atoms with E-state index in [2.05, 4.69) is 26.1 Å². The minimum absolute atomic E-state index is 0.0406. The standard InChI is InChI=1S/C26H37N5O4/c1-4-33-21-18-20(19-22(34-5-2)25(21)35-6-3)26(32)31-16-14-30(15-17-31)24-11-10-23(27-28-24)29-12-8-7-9-13-29/h10-11,18-19H,4-9,12-17H2,1-3H3. The molecule has 3 heterocycles. The van der Waals surface area contributed by atoms with Gasteiger partial charge in [0.25, 0.3) is 5.91 Å². The van der Waals surface area contributed by atoms with Gasteiger partial charge in [-0.05, 0) is 64.3 Å². The fraction of sp³-hybridized carbons (Fsp3) is 0.577. The van der Waals surface area contributed by atoms with Crippen LogP contribution in [0.25, 0.3) is 0 Å². The number of piperazine rings is 1. The number of hydrogen-bond donors (Lipinski definition) is 0. The minimum Gasteiger partial charge on any atom is -0.490 e. The summed E-state index contributed by atoms with van der Waals surface area (Å²) < 4.78 is 17.3. The van der Waals surface area contributed by atoms with Crippen molar-refractivity contribution in [2.24, 2.45) is 0 Å². The van der Waals surface area contributed by atoms with Gasteiger partial charge in [0.05, 0.1) is 19.8 Å². The summed E-state index contributed by atoms with van der Waals surface area (Å²) >= 11 is 0. The second-order valence-electron chi connectivity index (χ2n) is 8.68. The molecule has 0 N–H and O–H groups in total. The number of piperidine rings is 1. The first kappa shape index (κ1) is 24.9. The van der Waals surface area contributed by atoms with Gasteiger partial charge in [-0.1, -0.05) is 0 Å². The summed E-state index contributed by atoms with van der Waals surface area (Å²) in [4.78, 5) is 19.7. The zero-order chi connectivity index (χ0) is 24.6. The SMILES string of the molecule is CCOc1cc(C(=O)N2CCN(c3ccc(N4CCCCC4)nn3)CC2)cc(OCC)c1OCC. The van der Waals surface area contributed by atoms with Gasteiger partial charge in [-0.2, -0.15) is 0 Å². The number of hydrogen-bond acceptors (Lipinski definition) is 8. The summed E-state index contributed by atoms with van der Waals surface area (Å²) in [5.41, 5.74) is 0.541. The molecule has 35 heavy (non-hydrogen) atoms. The molecule has 190 valence electrons. The first-order chi connectivity index (χ1) is 17.1. The molecular formula is C26H37N5O4. The van der Waals surface area contributed by atoms with Crippen molar-refractivity contribution in [3.05, 3.63) is 29.8 Å². The molecule has 0 saturated carbocycles. The molecule has 0 radical (unpaired) electrons. The van der Waals surface area contributed by atoms with Crippen molar-refractivity contribution in [3.63, 3.8) is 0 Å². The second-order valence-corrected chi connectivity index (χ2v) is 8.68. The Balaban J connectivity index is 1.42. The first-order valence-corrected chi connectivity index (χ1v) is 12.8. The van der Waals surface area contributed by atoms with Crippen molar-refractivity contribution in [1.82, 2.24) is 15.1 Å². The van der Waals surface area contributed by atoms with Gasteiger partial charge in [-0.25, -0.2) is 0 Å². The normalized spacial score (nSPS) is 16.3. The van der Waals surface area contributed by atoms with Crippen LogP contribution in [0.2, 0.25) is 0 Å². The van der Waals surface area contributed by atoms with E-state index < -0.39 is 0 Å². The number of anilines is 2. The van der Waals surface area contributed by atoms with E-state index in [0.717, 1.165) is 24.7 Å². The lowest BCUT2D eigenvalue weighted by Gasteiger charge is -2.35. The van der Waals surface area contributed by atoms with E-state index in [0.29, 0.717) is 68.8 Å². The average Bonchev–Trinajstić information content (AvgIpc) is 2.91. The molecule has 0 aliphatic carbocycles. The van der Waals surface area contributed by atoms with E-state index in [4.69, 9.17) is 14.2 Å². The van der Waals surface area contributed by atoms with Crippen molar-refractivity contribution < 1.29 is 19.0 Å². The molecule has 0 bridgehead atoms. The molecule has 0 unspecified atom stereocenters. The van der Waals surface area contributed by atoms with Crippen LogP contribution in [0, 0.1) is 0 Å². The smallest absolute Gasteiger partial charge is 0.254 e. The third-order valence-corrected chi connectivity index (χ3v) is 6.36. The number of nitrogens with zero attached hydrogens (tertiary/aromatic N) is 5. The molecule has 2 aliphatic rings. The predicted molar refractivity (Wildman–Crippen MR) is 136 cm³/mol. The maximum Gasteiger partial charge on any atom is 0.254 e. The lowest BCUT2D eigenvalue weighted by Crippen LogP contribution is -2.49. The fourth-order valence-electron chi connectivity index (χ4n) is 4.61. The molecule has 2 saturated heterocycles. The third-order valence-electron chi connectivity index (χ3n) is 6.36. The number of rotatable bonds is 9. The number of benzene rings is 1. The monoisotopic (exact) mass is 483 g/mol. The summed E-state index contributed by atoms with van der Waals surface area (Å²) in [6, 6.07) is 7.63. The first-order valence-electron chi connectivity index (χ1n) is 12.8. The zero-order valence-electron chi connectivity index (χ0n) is 21.2. The molecule has 9 nitrogen and oxygen atoms in total. The third kappa shape index (κ3) is 5.89. The van der Waals surface area contributed by atoms with Crippen LogP contribution in [-0.2, 0) is 0 Å². The summed E-state index contributed by atoms with van der Waals surface area (Å²) in [7, 11) is 0. The van der Waals surface area contributed by atoms with Crippen molar-refractivity contribution in [3.8, 4) is 17.2 Å². The van der Waals surface area contributed by atoms with Gasteiger partial charge < -0.3 is 28.9 Å². The number of amides is 1. The molecule has 1 aromatic carbocycles. The largest absolute Gasteiger partial charge is 0.490 e. The predicted octanol–water partition coefficient (Wildman–Crippen LogP) is 3.63. The molecule has 9 heteroatoms. The van der Waals surface area contributed by atoms with E-state index in [9.17, 15) is 4.79 Å². The van der Waals surface area contributed by atoms with E-state index in [1.165, 1.54) is 19.3 Å². The van der Waals surface area contributed by atoms with Gasteiger partial charge in [0.1, 0.15) is 0 Å². The summed E-state index contributed by atoms with van der Waals surface area (Å²) in [5, 5.41) is 8.95. The van der Waals surface area contributed by atoms with Gasteiger partial charge in [-0.15, -0.1) is 10.2 Å². The Bertz CT molecular complexity index is 943. The molecule has 2 aromatic rings. The number of carbonyl (C=O) groups excluding carboxylic acids is 1. The van der Waals surface area contributed by atoms with Crippen LogP contribution in [0.15, 0.2) is 24.3 Å². The molecule has 0 atom stereocenters. The highest BCUT2D eigenvalue weighted by atomic mass is 16.5. The van der Waals surface area contributed by atoms with Crippen LogP contribution in [0.5, 0.6) is 17.2 Å². The highest BCUT2D eigenvalue weighted by Gasteiger charge is 2.26. The average molecular weight is 484 g/mol. The van der Waals surface area contributed by atoms with Crippen molar-refractivity contribution >= 4 is 17.5 Å². The Kier molecular flexibility index (Phi) is 8.50. The van der Waals surface area contributed by atoms with E-state index in [1.807, 2.05) is 31.7 Å². The Morgan fingerprint density at radius 1 is 0.743 bits per heavy atom. The van der Waals surface area contributed by atoms with Gasteiger partial charge in [0.15, 0.2) is 23.1 Å². The van der Waals surface area contributed by atoms with Gasteiger partial charge in [0, 0.05) is 44.8 Å². The Hall–Kier alpha value is -3.23. The Morgan fingerprint density at radius 2 is 1.26 bits per heavy atom. The molecule has 2 fully saturated rings. The maximum atomic E-state index is 13.4. The number of ether oxygens (including phenoxy) is 3. The number of aromatic nitrogens is 2. The maximum absolute atomic E-state index is 13.4. The van der Waals surface area contributed by atoms with E-state index in [-0.39, 0.29) is 5.91 Å². The van der Waals surface area contributed by atoms with Crippen LogP contribution >= 0.6 is 0 Å². The van der Waals surface area contributed by atoms with Crippen molar-refractivity contribution in [2.75, 3.05) is 68.9 Å². The van der Waals surface area contributed by atoms with Crippen LogP contribution in [0.3, 0.4) is 0 Å². The number of carbonyl (C=O) groups is 1. The highest BCUT2D eigenvalue weighted by molar-refractivity contribution is 5.95. The summed E-state index contributed by atoms with van der Waals surface area (Å²) in [5.74, 6) is 3.38. The van der Waals surface area contributed by atoms with Gasteiger partial charge >= 0.3 is 0 Å². The quantitative estimate of drug-likeness (QED) is 0.535. The molecule has 4 rings (SSSR count). The highest BCUT2D eigenvalue weighted by Crippen LogP contribution is 2.39. The molecule has 1 amide bonds. The molecule has 0 spiro atoms. The molecule has 2 aliphatic heterocycles. The Labute approximate surface area is 208 Å². The van der Waals surface area contributed by atoms with E-state index >= 15 is 0 Å². The minimum atomic E-state index is -0.0406.